The minimum absolute atomic E-state index is 0.238. The molecular formula is C14H10F2N2O. The molecule has 3 nitrogen and oxygen atoms in total. The van der Waals surface area contributed by atoms with Gasteiger partial charge in [0.15, 0.2) is 5.58 Å². The molecule has 3 aromatic rings. The van der Waals surface area contributed by atoms with Crippen LogP contribution in [0.4, 0.5) is 14.8 Å². The number of benzene rings is 2. The summed E-state index contributed by atoms with van der Waals surface area (Å²) in [6.07, 6.45) is 0. The maximum atomic E-state index is 13.0. The lowest BCUT2D eigenvalue weighted by molar-refractivity contribution is 0.579. The van der Waals surface area contributed by atoms with Gasteiger partial charge >= 0.3 is 0 Å². The highest BCUT2D eigenvalue weighted by Gasteiger charge is 2.05. The van der Waals surface area contributed by atoms with E-state index in [9.17, 15) is 8.78 Å². The van der Waals surface area contributed by atoms with Crippen LogP contribution in [0.5, 0.6) is 0 Å². The lowest BCUT2D eigenvalue weighted by Gasteiger charge is -2.02. The molecule has 0 saturated heterocycles. The van der Waals surface area contributed by atoms with Crippen molar-refractivity contribution in [2.24, 2.45) is 0 Å². The summed E-state index contributed by atoms with van der Waals surface area (Å²) in [5.74, 6) is -1.20. The van der Waals surface area contributed by atoms with E-state index in [0.717, 1.165) is 11.6 Å². The summed E-state index contributed by atoms with van der Waals surface area (Å²) < 4.78 is 31.5. The second-order valence-electron chi connectivity index (χ2n) is 4.12. The fourth-order valence-electron chi connectivity index (χ4n) is 1.84. The normalized spacial score (nSPS) is 10.8. The third kappa shape index (κ3) is 2.54. The summed E-state index contributed by atoms with van der Waals surface area (Å²) in [5.41, 5.74) is 1.88. The molecule has 0 radical (unpaired) electrons. The van der Waals surface area contributed by atoms with E-state index in [4.69, 9.17) is 4.42 Å². The van der Waals surface area contributed by atoms with Crippen LogP contribution < -0.4 is 5.32 Å². The first-order valence-electron chi connectivity index (χ1n) is 5.75. The molecule has 0 amide bonds. The van der Waals surface area contributed by atoms with Crippen LogP contribution in [0.2, 0.25) is 0 Å². The summed E-state index contributed by atoms with van der Waals surface area (Å²) in [6, 6.07) is 11.0. The zero-order chi connectivity index (χ0) is 13.2. The van der Waals surface area contributed by atoms with Crippen LogP contribution >= 0.6 is 0 Å². The maximum absolute atomic E-state index is 13.0. The number of rotatable bonds is 3. The smallest absolute Gasteiger partial charge is 0.295 e. The lowest BCUT2D eigenvalue weighted by Crippen LogP contribution is -2.00. The van der Waals surface area contributed by atoms with Gasteiger partial charge in [-0.05, 0) is 29.8 Å². The van der Waals surface area contributed by atoms with Crippen molar-refractivity contribution in [3.8, 4) is 0 Å². The number of fused-ring (bicyclic) bond motifs is 1. The Balaban J connectivity index is 1.78. The highest BCUT2D eigenvalue weighted by molar-refractivity contribution is 5.74. The maximum Gasteiger partial charge on any atom is 0.295 e. The number of hydrogen-bond donors (Lipinski definition) is 1. The highest BCUT2D eigenvalue weighted by Crippen LogP contribution is 2.18. The van der Waals surface area contributed by atoms with E-state index in [1.807, 2.05) is 18.2 Å². The van der Waals surface area contributed by atoms with Crippen molar-refractivity contribution in [1.82, 2.24) is 4.98 Å². The van der Waals surface area contributed by atoms with Crippen molar-refractivity contribution in [2.75, 3.05) is 5.32 Å². The molecule has 0 fully saturated rings. The van der Waals surface area contributed by atoms with E-state index in [0.29, 0.717) is 17.2 Å². The molecule has 0 unspecified atom stereocenters. The largest absolute Gasteiger partial charge is 0.424 e. The molecule has 1 aromatic heterocycles. The second-order valence-corrected chi connectivity index (χ2v) is 4.12. The van der Waals surface area contributed by atoms with E-state index in [1.54, 1.807) is 6.07 Å². The van der Waals surface area contributed by atoms with Gasteiger partial charge in [0, 0.05) is 12.6 Å². The first-order valence-corrected chi connectivity index (χ1v) is 5.75. The average Bonchev–Trinajstić information content (AvgIpc) is 2.78. The van der Waals surface area contributed by atoms with Crippen LogP contribution in [0.1, 0.15) is 5.56 Å². The molecular weight excluding hydrogens is 250 g/mol. The van der Waals surface area contributed by atoms with Gasteiger partial charge in [0.1, 0.15) is 17.2 Å². The van der Waals surface area contributed by atoms with Crippen molar-refractivity contribution in [3.63, 3.8) is 0 Å². The Labute approximate surface area is 107 Å². The summed E-state index contributed by atoms with van der Waals surface area (Å²) in [5, 5.41) is 2.89. The first kappa shape index (κ1) is 11.6. The van der Waals surface area contributed by atoms with Crippen molar-refractivity contribution < 1.29 is 13.2 Å². The van der Waals surface area contributed by atoms with Crippen LogP contribution in [-0.4, -0.2) is 4.98 Å². The standard InChI is InChI=1S/C14H10F2N2O/c15-10-5-9(6-11(16)7-10)8-17-14-18-12-3-1-2-4-13(12)19-14/h1-7H,8H2,(H,17,18). The number of anilines is 1. The van der Waals surface area contributed by atoms with Gasteiger partial charge in [0.05, 0.1) is 0 Å². The van der Waals surface area contributed by atoms with E-state index in [-0.39, 0.29) is 6.54 Å². The lowest BCUT2D eigenvalue weighted by atomic mass is 10.2. The van der Waals surface area contributed by atoms with Gasteiger partial charge < -0.3 is 9.73 Å². The minimum Gasteiger partial charge on any atom is -0.424 e. The van der Waals surface area contributed by atoms with Gasteiger partial charge in [-0.3, -0.25) is 0 Å². The Hall–Kier alpha value is -2.43. The SMILES string of the molecule is Fc1cc(F)cc(CNc2nc3ccccc3o2)c1. The summed E-state index contributed by atoms with van der Waals surface area (Å²) >= 11 is 0. The Morgan fingerprint density at radius 1 is 1.05 bits per heavy atom. The van der Waals surface area contributed by atoms with Gasteiger partial charge in [-0.2, -0.15) is 4.98 Å². The third-order valence-electron chi connectivity index (χ3n) is 2.66. The predicted octanol–water partition coefficient (Wildman–Crippen LogP) is 3.72. The Kier molecular flexibility index (Phi) is 2.87. The number of nitrogens with one attached hydrogen (secondary N) is 1. The van der Waals surface area contributed by atoms with Crippen LogP contribution in [0.3, 0.4) is 0 Å². The summed E-state index contributed by atoms with van der Waals surface area (Å²) in [4.78, 5) is 4.21. The molecule has 1 heterocycles. The van der Waals surface area contributed by atoms with Gasteiger partial charge in [0.2, 0.25) is 0 Å². The van der Waals surface area contributed by atoms with Crippen molar-refractivity contribution in [1.29, 1.82) is 0 Å². The van der Waals surface area contributed by atoms with Crippen LogP contribution in [0.25, 0.3) is 11.1 Å². The number of oxazole rings is 1. The van der Waals surface area contributed by atoms with Gasteiger partial charge in [-0.15, -0.1) is 0 Å². The zero-order valence-electron chi connectivity index (χ0n) is 9.86. The molecule has 3 rings (SSSR count). The molecule has 96 valence electrons. The molecule has 0 bridgehead atoms. The third-order valence-corrected chi connectivity index (χ3v) is 2.66. The fraction of sp³-hybridized carbons (Fsp3) is 0.0714. The average molecular weight is 260 g/mol. The van der Waals surface area contributed by atoms with Crippen LogP contribution in [-0.2, 0) is 6.54 Å². The van der Waals surface area contributed by atoms with Crippen molar-refractivity contribution >= 4 is 17.1 Å². The van der Waals surface area contributed by atoms with Gasteiger partial charge in [0.25, 0.3) is 6.01 Å². The molecule has 0 atom stereocenters. The Morgan fingerprint density at radius 3 is 2.53 bits per heavy atom. The zero-order valence-corrected chi connectivity index (χ0v) is 9.86. The second kappa shape index (κ2) is 4.68. The molecule has 0 spiro atoms. The molecule has 0 saturated carbocycles. The number of halogens is 2. The Morgan fingerprint density at radius 2 is 1.79 bits per heavy atom. The van der Waals surface area contributed by atoms with Crippen molar-refractivity contribution in [2.45, 2.75) is 6.54 Å². The summed E-state index contributed by atoms with van der Waals surface area (Å²) in [6.45, 7) is 0.238. The van der Waals surface area contributed by atoms with Crippen LogP contribution in [0.15, 0.2) is 46.9 Å². The van der Waals surface area contributed by atoms with Crippen molar-refractivity contribution in [3.05, 3.63) is 59.7 Å². The molecule has 1 N–H and O–H groups in total. The number of hydrogen-bond acceptors (Lipinski definition) is 3. The minimum atomic E-state index is -0.602. The molecule has 0 aliphatic carbocycles. The first-order chi connectivity index (χ1) is 9.20. The van der Waals surface area contributed by atoms with Gasteiger partial charge in [-0.1, -0.05) is 12.1 Å². The summed E-state index contributed by atoms with van der Waals surface area (Å²) in [7, 11) is 0. The van der Waals surface area contributed by atoms with E-state index in [1.165, 1.54) is 12.1 Å². The van der Waals surface area contributed by atoms with Crippen LogP contribution in [0, 0.1) is 11.6 Å². The number of aromatic nitrogens is 1. The predicted molar refractivity (Wildman–Crippen MR) is 67.7 cm³/mol. The van der Waals surface area contributed by atoms with E-state index in [2.05, 4.69) is 10.3 Å². The van der Waals surface area contributed by atoms with E-state index >= 15 is 0 Å². The fourth-order valence-corrected chi connectivity index (χ4v) is 1.84. The van der Waals surface area contributed by atoms with E-state index < -0.39 is 11.6 Å². The quantitative estimate of drug-likeness (QED) is 0.780. The number of para-hydroxylation sites is 2. The monoisotopic (exact) mass is 260 g/mol. The molecule has 19 heavy (non-hydrogen) atoms. The number of nitrogens with zero attached hydrogens (tertiary/aromatic N) is 1. The topological polar surface area (TPSA) is 38.1 Å². The molecule has 5 heteroatoms. The molecule has 0 aliphatic rings. The van der Waals surface area contributed by atoms with Gasteiger partial charge in [-0.25, -0.2) is 8.78 Å². The Bertz CT molecular complexity index is 671. The molecule has 2 aromatic carbocycles. The molecule has 0 aliphatic heterocycles. The highest BCUT2D eigenvalue weighted by atomic mass is 19.1.